The van der Waals surface area contributed by atoms with E-state index in [0.717, 1.165) is 27.9 Å². The van der Waals surface area contributed by atoms with Gasteiger partial charge in [-0.3, -0.25) is 0 Å². The van der Waals surface area contributed by atoms with Crippen molar-refractivity contribution in [1.29, 1.82) is 0 Å². The van der Waals surface area contributed by atoms with Crippen LogP contribution in [0.25, 0.3) is 10.9 Å². The predicted molar refractivity (Wildman–Crippen MR) is 93.9 cm³/mol. The molecule has 0 amide bonds. The van der Waals surface area contributed by atoms with Crippen molar-refractivity contribution < 1.29 is 4.74 Å². The third-order valence-corrected chi connectivity index (χ3v) is 3.87. The van der Waals surface area contributed by atoms with Gasteiger partial charge in [0.15, 0.2) is 0 Å². The van der Waals surface area contributed by atoms with Crippen LogP contribution < -0.4 is 10.5 Å². The molecule has 0 aliphatic carbocycles. The second kappa shape index (κ2) is 6.42. The highest BCUT2D eigenvalue weighted by molar-refractivity contribution is 6.28. The van der Waals surface area contributed by atoms with Gasteiger partial charge in [-0.05, 0) is 49.2 Å². The minimum Gasteiger partial charge on any atom is -0.490 e. The molecule has 2 aromatic carbocycles. The van der Waals surface area contributed by atoms with Gasteiger partial charge in [0.05, 0.1) is 11.2 Å². The van der Waals surface area contributed by atoms with Crippen molar-refractivity contribution in [2.75, 3.05) is 5.73 Å². The van der Waals surface area contributed by atoms with Crippen molar-refractivity contribution in [1.82, 2.24) is 9.97 Å². The largest absolute Gasteiger partial charge is 0.490 e. The lowest BCUT2D eigenvalue weighted by atomic mass is 10.1. The Morgan fingerprint density at radius 1 is 1.13 bits per heavy atom. The molecule has 0 aliphatic rings. The van der Waals surface area contributed by atoms with Crippen LogP contribution >= 0.6 is 11.6 Å². The maximum atomic E-state index is 6.10. The second-order valence-electron chi connectivity index (χ2n) is 5.58. The zero-order valence-corrected chi connectivity index (χ0v) is 13.8. The van der Waals surface area contributed by atoms with Crippen LogP contribution in [0.2, 0.25) is 5.28 Å². The van der Waals surface area contributed by atoms with E-state index >= 15 is 0 Å². The Morgan fingerprint density at radius 2 is 1.91 bits per heavy atom. The van der Waals surface area contributed by atoms with Crippen molar-refractivity contribution in [3.05, 3.63) is 59.0 Å². The lowest BCUT2D eigenvalue weighted by Gasteiger charge is -2.17. The molecule has 1 aromatic heterocycles. The molecule has 5 heteroatoms. The van der Waals surface area contributed by atoms with Crippen LogP contribution in [-0.4, -0.2) is 16.1 Å². The maximum absolute atomic E-state index is 6.10. The van der Waals surface area contributed by atoms with E-state index in [1.165, 1.54) is 0 Å². The van der Waals surface area contributed by atoms with Gasteiger partial charge in [-0.2, -0.15) is 0 Å². The molecular weight excluding hydrogens is 310 g/mol. The highest BCUT2D eigenvalue weighted by atomic mass is 35.5. The van der Waals surface area contributed by atoms with Gasteiger partial charge in [-0.1, -0.05) is 24.3 Å². The molecule has 0 radical (unpaired) electrons. The van der Waals surface area contributed by atoms with Crippen molar-refractivity contribution >= 4 is 28.2 Å². The molecule has 0 aliphatic heterocycles. The Bertz CT molecular complexity index is 851. The molecule has 3 rings (SSSR count). The number of aromatic nitrogens is 2. The molecule has 0 saturated carbocycles. The summed E-state index contributed by atoms with van der Waals surface area (Å²) in [7, 11) is 0. The SMILES string of the molecule is Cc1ccccc1OC(C)Cc1nc(Cl)nc2cccc(N)c12. The van der Waals surface area contributed by atoms with Gasteiger partial charge in [0.2, 0.25) is 5.28 Å². The quantitative estimate of drug-likeness (QED) is 0.576. The Morgan fingerprint density at radius 3 is 2.70 bits per heavy atom. The van der Waals surface area contributed by atoms with Gasteiger partial charge >= 0.3 is 0 Å². The second-order valence-corrected chi connectivity index (χ2v) is 5.92. The number of nitrogens with zero attached hydrogens (tertiary/aromatic N) is 2. The zero-order chi connectivity index (χ0) is 16.4. The van der Waals surface area contributed by atoms with Crippen LogP contribution in [0, 0.1) is 6.92 Å². The van der Waals surface area contributed by atoms with Gasteiger partial charge < -0.3 is 10.5 Å². The van der Waals surface area contributed by atoms with Crippen LogP contribution in [0.15, 0.2) is 42.5 Å². The molecule has 3 aromatic rings. The number of halogens is 1. The summed E-state index contributed by atoms with van der Waals surface area (Å²) >= 11 is 6.04. The first-order chi connectivity index (χ1) is 11.0. The van der Waals surface area contributed by atoms with E-state index in [2.05, 4.69) is 9.97 Å². The fraction of sp³-hybridized carbons (Fsp3) is 0.222. The molecule has 2 N–H and O–H groups in total. The topological polar surface area (TPSA) is 61.0 Å². The number of fused-ring (bicyclic) bond motifs is 1. The fourth-order valence-corrected chi connectivity index (χ4v) is 2.82. The van der Waals surface area contributed by atoms with E-state index in [9.17, 15) is 0 Å². The van der Waals surface area contributed by atoms with Crippen LogP contribution in [-0.2, 0) is 6.42 Å². The number of anilines is 1. The fourth-order valence-electron chi connectivity index (χ4n) is 2.62. The van der Waals surface area contributed by atoms with Crippen LogP contribution in [0.5, 0.6) is 5.75 Å². The zero-order valence-electron chi connectivity index (χ0n) is 13.1. The summed E-state index contributed by atoms with van der Waals surface area (Å²) < 4.78 is 6.03. The number of ether oxygens (including phenoxy) is 1. The standard InChI is InChI=1S/C18H18ClN3O/c1-11-6-3-4-9-16(11)23-12(2)10-15-17-13(20)7-5-8-14(17)21-18(19)22-15/h3-9,12H,10,20H2,1-2H3. The summed E-state index contributed by atoms with van der Waals surface area (Å²) in [6, 6.07) is 13.5. The molecule has 1 heterocycles. The normalized spacial score (nSPS) is 12.3. The summed E-state index contributed by atoms with van der Waals surface area (Å²) in [5.74, 6) is 0.873. The van der Waals surface area contributed by atoms with Crippen molar-refractivity contribution in [2.24, 2.45) is 0 Å². The van der Waals surface area contributed by atoms with Crippen molar-refractivity contribution in [3.8, 4) is 5.75 Å². The van der Waals surface area contributed by atoms with Crippen molar-refractivity contribution in [3.63, 3.8) is 0 Å². The predicted octanol–water partition coefficient (Wildman–Crippen LogP) is 4.18. The van der Waals surface area contributed by atoms with E-state index in [-0.39, 0.29) is 11.4 Å². The molecule has 23 heavy (non-hydrogen) atoms. The molecule has 1 unspecified atom stereocenters. The lowest BCUT2D eigenvalue weighted by Crippen LogP contribution is -2.17. The number of rotatable bonds is 4. The van der Waals surface area contributed by atoms with Gasteiger partial charge in [-0.25, -0.2) is 9.97 Å². The summed E-state index contributed by atoms with van der Waals surface area (Å²) in [5, 5.41) is 1.07. The summed E-state index contributed by atoms with van der Waals surface area (Å²) in [6.07, 6.45) is 0.534. The summed E-state index contributed by atoms with van der Waals surface area (Å²) in [6.45, 7) is 4.03. The van der Waals surface area contributed by atoms with E-state index in [4.69, 9.17) is 22.1 Å². The molecule has 4 nitrogen and oxygen atoms in total. The Hall–Kier alpha value is -2.33. The van der Waals surface area contributed by atoms with Gasteiger partial charge in [0.25, 0.3) is 0 Å². The van der Waals surface area contributed by atoms with Crippen LogP contribution in [0.1, 0.15) is 18.2 Å². The van der Waals surface area contributed by atoms with Gasteiger partial charge in [-0.15, -0.1) is 0 Å². The smallest absolute Gasteiger partial charge is 0.223 e. The molecule has 118 valence electrons. The third-order valence-electron chi connectivity index (χ3n) is 3.71. The Balaban J connectivity index is 1.90. The first-order valence-corrected chi connectivity index (χ1v) is 7.85. The highest BCUT2D eigenvalue weighted by Gasteiger charge is 2.14. The number of para-hydroxylation sites is 1. The number of aryl methyl sites for hydroxylation is 1. The van der Waals surface area contributed by atoms with E-state index in [1.54, 1.807) is 0 Å². The number of nitrogen functional groups attached to an aromatic ring is 1. The monoisotopic (exact) mass is 327 g/mol. The average molecular weight is 328 g/mol. The maximum Gasteiger partial charge on any atom is 0.223 e. The van der Waals surface area contributed by atoms with Gasteiger partial charge in [0.1, 0.15) is 11.9 Å². The number of benzene rings is 2. The average Bonchev–Trinajstić information content (AvgIpc) is 2.49. The minimum absolute atomic E-state index is 0.0649. The summed E-state index contributed by atoms with van der Waals surface area (Å²) in [4.78, 5) is 8.60. The first-order valence-electron chi connectivity index (χ1n) is 7.47. The summed E-state index contributed by atoms with van der Waals surface area (Å²) in [5.41, 5.74) is 9.40. The number of hydrogen-bond donors (Lipinski definition) is 1. The molecular formula is C18H18ClN3O. The molecule has 1 atom stereocenters. The first kappa shape index (κ1) is 15.6. The number of hydrogen-bond acceptors (Lipinski definition) is 4. The molecule has 0 spiro atoms. The van der Waals surface area contributed by atoms with E-state index < -0.39 is 0 Å². The number of nitrogens with two attached hydrogens (primary N) is 1. The van der Waals surface area contributed by atoms with E-state index in [0.29, 0.717) is 12.1 Å². The Kier molecular flexibility index (Phi) is 4.35. The Labute approximate surface area is 140 Å². The molecule has 0 saturated heterocycles. The van der Waals surface area contributed by atoms with Crippen LogP contribution in [0.3, 0.4) is 0 Å². The molecule has 0 bridgehead atoms. The minimum atomic E-state index is -0.0649. The third kappa shape index (κ3) is 3.37. The van der Waals surface area contributed by atoms with Crippen molar-refractivity contribution in [2.45, 2.75) is 26.4 Å². The van der Waals surface area contributed by atoms with Gasteiger partial charge in [0, 0.05) is 17.5 Å². The highest BCUT2D eigenvalue weighted by Crippen LogP contribution is 2.26. The van der Waals surface area contributed by atoms with Crippen LogP contribution in [0.4, 0.5) is 5.69 Å². The molecule has 0 fully saturated rings. The lowest BCUT2D eigenvalue weighted by molar-refractivity contribution is 0.220. The van der Waals surface area contributed by atoms with E-state index in [1.807, 2.05) is 56.3 Å².